The zero-order valence-corrected chi connectivity index (χ0v) is 14.7. The highest BCUT2D eigenvalue weighted by Gasteiger charge is 2.13. The lowest BCUT2D eigenvalue weighted by atomic mass is 10.1. The molecule has 0 atom stereocenters. The Balaban J connectivity index is 1.59. The summed E-state index contributed by atoms with van der Waals surface area (Å²) in [5.41, 5.74) is 1.87. The third kappa shape index (κ3) is 2.91. The molecule has 0 saturated carbocycles. The van der Waals surface area contributed by atoms with Gasteiger partial charge < -0.3 is 5.32 Å². The summed E-state index contributed by atoms with van der Waals surface area (Å²) in [4.78, 5) is 30.2. The number of anilines is 1. The minimum Gasteiger partial charge on any atom is -0.324 e. The maximum Gasteiger partial charge on any atom is 0.264 e. The molecule has 0 saturated heterocycles. The van der Waals surface area contributed by atoms with Crippen molar-refractivity contribution in [3.05, 3.63) is 64.7 Å². The second kappa shape index (κ2) is 6.57. The van der Waals surface area contributed by atoms with Crippen molar-refractivity contribution in [1.29, 1.82) is 0 Å². The van der Waals surface area contributed by atoms with Gasteiger partial charge in [-0.25, -0.2) is 4.98 Å². The molecule has 3 heterocycles. The van der Waals surface area contributed by atoms with Crippen LogP contribution in [0, 0.1) is 0 Å². The SMILES string of the molecule is Cn1ncc2c(=O)n(CC(=O)Nc3ccccc3-c3cccs3)cnc21. The number of nitrogens with one attached hydrogen (secondary N) is 1. The van der Waals surface area contributed by atoms with Crippen LogP contribution in [0.2, 0.25) is 0 Å². The van der Waals surface area contributed by atoms with Crippen LogP contribution in [0.1, 0.15) is 0 Å². The van der Waals surface area contributed by atoms with Gasteiger partial charge in [0.05, 0.1) is 6.20 Å². The Morgan fingerprint density at radius 1 is 1.23 bits per heavy atom. The zero-order valence-electron chi connectivity index (χ0n) is 13.9. The van der Waals surface area contributed by atoms with Crippen LogP contribution in [0.15, 0.2) is 59.1 Å². The van der Waals surface area contributed by atoms with E-state index in [2.05, 4.69) is 15.4 Å². The van der Waals surface area contributed by atoms with Gasteiger partial charge in [-0.15, -0.1) is 11.3 Å². The van der Waals surface area contributed by atoms with Crippen molar-refractivity contribution in [2.24, 2.45) is 7.05 Å². The van der Waals surface area contributed by atoms with E-state index in [1.165, 1.54) is 21.8 Å². The first-order valence-electron chi connectivity index (χ1n) is 7.93. The number of benzene rings is 1. The van der Waals surface area contributed by atoms with E-state index < -0.39 is 0 Å². The molecule has 1 amide bonds. The molecule has 130 valence electrons. The summed E-state index contributed by atoms with van der Waals surface area (Å²) in [5.74, 6) is -0.291. The highest BCUT2D eigenvalue weighted by atomic mass is 32.1. The molecule has 26 heavy (non-hydrogen) atoms. The summed E-state index contributed by atoms with van der Waals surface area (Å²) in [6.07, 6.45) is 2.84. The van der Waals surface area contributed by atoms with Gasteiger partial charge in [0, 0.05) is 23.2 Å². The predicted molar refractivity (Wildman–Crippen MR) is 101 cm³/mol. The fourth-order valence-electron chi connectivity index (χ4n) is 2.76. The number of hydrogen-bond acceptors (Lipinski definition) is 5. The molecule has 0 aliphatic rings. The Hall–Kier alpha value is -3.26. The van der Waals surface area contributed by atoms with Crippen molar-refractivity contribution < 1.29 is 4.79 Å². The molecular weight excluding hydrogens is 350 g/mol. The summed E-state index contributed by atoms with van der Waals surface area (Å²) >= 11 is 1.60. The number of para-hydroxylation sites is 1. The standard InChI is InChI=1S/C18H15N5O2S/c1-22-17-13(9-20-22)18(25)23(11-19-17)10-16(24)21-14-6-3-2-5-12(14)15-7-4-8-26-15/h2-9,11H,10H2,1H3,(H,21,24). The van der Waals surface area contributed by atoms with Crippen molar-refractivity contribution in [3.8, 4) is 10.4 Å². The molecule has 7 nitrogen and oxygen atoms in total. The number of fused-ring (bicyclic) bond motifs is 1. The van der Waals surface area contributed by atoms with Gasteiger partial charge in [0.1, 0.15) is 18.3 Å². The smallest absolute Gasteiger partial charge is 0.264 e. The Kier molecular flexibility index (Phi) is 4.10. The topological polar surface area (TPSA) is 81.8 Å². The van der Waals surface area contributed by atoms with Crippen molar-refractivity contribution in [2.75, 3.05) is 5.32 Å². The van der Waals surface area contributed by atoms with Gasteiger partial charge in [-0.1, -0.05) is 24.3 Å². The lowest BCUT2D eigenvalue weighted by Crippen LogP contribution is -2.28. The highest BCUT2D eigenvalue weighted by Crippen LogP contribution is 2.31. The van der Waals surface area contributed by atoms with Gasteiger partial charge in [0.2, 0.25) is 5.91 Å². The van der Waals surface area contributed by atoms with E-state index >= 15 is 0 Å². The molecule has 0 aliphatic heterocycles. The molecule has 0 fully saturated rings. The fraction of sp³-hybridized carbons (Fsp3) is 0.111. The van der Waals surface area contributed by atoms with Gasteiger partial charge in [0.15, 0.2) is 5.65 Å². The van der Waals surface area contributed by atoms with E-state index in [0.717, 1.165) is 10.4 Å². The van der Waals surface area contributed by atoms with E-state index in [1.54, 1.807) is 18.4 Å². The summed E-state index contributed by atoms with van der Waals surface area (Å²) < 4.78 is 2.81. The Labute approximate surface area is 152 Å². The number of nitrogens with zero attached hydrogens (tertiary/aromatic N) is 4. The number of carbonyl (C=O) groups excluding carboxylic acids is 1. The van der Waals surface area contributed by atoms with Crippen molar-refractivity contribution in [3.63, 3.8) is 0 Å². The second-order valence-electron chi connectivity index (χ2n) is 5.75. The first kappa shape index (κ1) is 16.2. The first-order chi connectivity index (χ1) is 12.6. The minimum atomic E-state index is -0.291. The predicted octanol–water partition coefficient (Wildman–Crippen LogP) is 2.50. The number of hydrogen-bond donors (Lipinski definition) is 1. The molecule has 4 aromatic rings. The molecule has 1 aromatic carbocycles. The van der Waals surface area contributed by atoms with Gasteiger partial charge in [-0.3, -0.25) is 18.8 Å². The highest BCUT2D eigenvalue weighted by molar-refractivity contribution is 7.13. The molecule has 0 bridgehead atoms. The number of aromatic nitrogens is 4. The summed E-state index contributed by atoms with van der Waals surface area (Å²) in [7, 11) is 1.72. The van der Waals surface area contributed by atoms with Crippen LogP contribution in [0.5, 0.6) is 0 Å². The van der Waals surface area contributed by atoms with Gasteiger partial charge in [-0.05, 0) is 17.5 Å². The third-order valence-electron chi connectivity index (χ3n) is 4.02. The average molecular weight is 365 g/mol. The van der Waals surface area contributed by atoms with E-state index in [1.807, 2.05) is 41.8 Å². The molecule has 0 radical (unpaired) electrons. The van der Waals surface area contributed by atoms with E-state index in [-0.39, 0.29) is 18.0 Å². The van der Waals surface area contributed by atoms with Crippen LogP contribution in [0.3, 0.4) is 0 Å². The van der Waals surface area contributed by atoms with Gasteiger partial charge in [0.25, 0.3) is 5.56 Å². The summed E-state index contributed by atoms with van der Waals surface area (Å²) in [6.45, 7) is -0.116. The largest absolute Gasteiger partial charge is 0.324 e. The lowest BCUT2D eigenvalue weighted by molar-refractivity contribution is -0.116. The van der Waals surface area contributed by atoms with Gasteiger partial charge in [-0.2, -0.15) is 5.10 Å². The first-order valence-corrected chi connectivity index (χ1v) is 8.81. The van der Waals surface area contributed by atoms with E-state index in [4.69, 9.17) is 0 Å². The van der Waals surface area contributed by atoms with Crippen LogP contribution in [0.4, 0.5) is 5.69 Å². The normalized spacial score (nSPS) is 11.0. The van der Waals surface area contributed by atoms with Crippen molar-refractivity contribution in [1.82, 2.24) is 19.3 Å². The van der Waals surface area contributed by atoms with Crippen LogP contribution in [-0.4, -0.2) is 25.2 Å². The van der Waals surface area contributed by atoms with Crippen LogP contribution in [-0.2, 0) is 18.4 Å². The third-order valence-corrected chi connectivity index (χ3v) is 4.92. The molecule has 0 spiro atoms. The summed E-state index contributed by atoms with van der Waals surface area (Å²) in [6, 6.07) is 11.6. The summed E-state index contributed by atoms with van der Waals surface area (Å²) in [5, 5.41) is 9.29. The van der Waals surface area contributed by atoms with Crippen LogP contribution < -0.4 is 10.9 Å². The van der Waals surface area contributed by atoms with Crippen LogP contribution >= 0.6 is 11.3 Å². The quantitative estimate of drug-likeness (QED) is 0.602. The molecule has 8 heteroatoms. The van der Waals surface area contributed by atoms with E-state index in [0.29, 0.717) is 16.7 Å². The van der Waals surface area contributed by atoms with Crippen LogP contribution in [0.25, 0.3) is 21.5 Å². The lowest BCUT2D eigenvalue weighted by Gasteiger charge is -2.11. The fourth-order valence-corrected chi connectivity index (χ4v) is 3.53. The molecule has 1 N–H and O–H groups in total. The Bertz CT molecular complexity index is 1140. The molecular formula is C18H15N5O2S. The Morgan fingerprint density at radius 2 is 2.08 bits per heavy atom. The Morgan fingerprint density at radius 3 is 2.88 bits per heavy atom. The number of amides is 1. The van der Waals surface area contributed by atoms with Crippen molar-refractivity contribution >= 4 is 34.0 Å². The minimum absolute atomic E-state index is 0.116. The maximum atomic E-state index is 12.5. The molecule has 3 aromatic heterocycles. The molecule has 0 unspecified atom stereocenters. The number of aryl methyl sites for hydroxylation is 1. The molecule has 0 aliphatic carbocycles. The second-order valence-corrected chi connectivity index (χ2v) is 6.70. The van der Waals surface area contributed by atoms with Gasteiger partial charge >= 0.3 is 0 Å². The number of thiophene rings is 1. The number of carbonyl (C=O) groups is 1. The monoisotopic (exact) mass is 365 g/mol. The number of rotatable bonds is 4. The van der Waals surface area contributed by atoms with Crippen molar-refractivity contribution in [2.45, 2.75) is 6.54 Å². The molecule has 4 rings (SSSR count). The zero-order chi connectivity index (χ0) is 18.1. The maximum absolute atomic E-state index is 12.5. The average Bonchev–Trinajstić information content (AvgIpc) is 3.28. The van der Waals surface area contributed by atoms with E-state index in [9.17, 15) is 9.59 Å².